The summed E-state index contributed by atoms with van der Waals surface area (Å²) in [7, 11) is 0. The first-order valence-electron chi connectivity index (χ1n) is 8.63. The normalized spacial score (nSPS) is 21.4. The molecule has 2 atom stereocenters. The molecule has 1 aliphatic heterocycles. The maximum Gasteiger partial charge on any atom is 0.233 e. The first-order valence-corrected chi connectivity index (χ1v) is 10.4. The highest BCUT2D eigenvalue weighted by atomic mass is 32.2. The predicted molar refractivity (Wildman–Crippen MR) is 102 cm³/mol. The van der Waals surface area contributed by atoms with Crippen LogP contribution in [0, 0.1) is 18.8 Å². The fourth-order valence-corrected chi connectivity index (χ4v) is 5.45. The van der Waals surface area contributed by atoms with Crippen molar-refractivity contribution in [2.24, 2.45) is 11.8 Å². The number of aryl methyl sites for hydroxylation is 2. The molecule has 1 saturated heterocycles. The monoisotopic (exact) mass is 363 g/mol. The summed E-state index contributed by atoms with van der Waals surface area (Å²) in [5.74, 6) is 2.66. The summed E-state index contributed by atoms with van der Waals surface area (Å²) in [5, 5.41) is 2.04. The molecule has 2 aromatic heterocycles. The molecule has 0 aliphatic carbocycles. The third-order valence-electron chi connectivity index (χ3n) is 4.42. The lowest BCUT2D eigenvalue weighted by molar-refractivity contribution is -0.130. The predicted octanol–water partition coefficient (Wildman–Crippen LogP) is 4.16. The second-order valence-electron chi connectivity index (χ2n) is 6.89. The number of rotatable bonds is 4. The van der Waals surface area contributed by atoms with Crippen LogP contribution in [0.2, 0.25) is 0 Å². The van der Waals surface area contributed by atoms with Gasteiger partial charge in [0.15, 0.2) is 0 Å². The van der Waals surface area contributed by atoms with Crippen LogP contribution >= 0.6 is 23.1 Å². The number of fused-ring (bicyclic) bond motifs is 1. The van der Waals surface area contributed by atoms with E-state index in [0.29, 0.717) is 17.6 Å². The topological polar surface area (TPSA) is 46.1 Å². The SMILES string of the molecule is CCc1cc2c(SCC(=O)N3CC(C)CC(C)C3)nc(C)nc2s1. The summed E-state index contributed by atoms with van der Waals surface area (Å²) in [4.78, 5) is 26.1. The molecular formula is C18H25N3OS2. The first-order chi connectivity index (χ1) is 11.5. The van der Waals surface area contributed by atoms with Crippen LogP contribution in [0.4, 0.5) is 0 Å². The van der Waals surface area contributed by atoms with Crippen molar-refractivity contribution in [3.05, 3.63) is 16.8 Å². The molecule has 0 N–H and O–H groups in total. The Morgan fingerprint density at radius 1 is 1.33 bits per heavy atom. The molecule has 0 radical (unpaired) electrons. The number of hydrogen-bond acceptors (Lipinski definition) is 5. The maximum atomic E-state index is 12.6. The smallest absolute Gasteiger partial charge is 0.233 e. The Labute approximate surface area is 152 Å². The molecule has 0 bridgehead atoms. The van der Waals surface area contributed by atoms with E-state index in [2.05, 4.69) is 36.8 Å². The lowest BCUT2D eigenvalue weighted by atomic mass is 9.92. The van der Waals surface area contributed by atoms with Crippen molar-refractivity contribution < 1.29 is 4.79 Å². The number of thiophene rings is 1. The Kier molecular flexibility index (Phi) is 5.45. The van der Waals surface area contributed by atoms with Crippen LogP contribution in [0.25, 0.3) is 10.2 Å². The molecular weight excluding hydrogens is 338 g/mol. The zero-order valence-corrected chi connectivity index (χ0v) is 16.5. The average Bonchev–Trinajstić information content (AvgIpc) is 2.94. The van der Waals surface area contributed by atoms with Gasteiger partial charge in [-0.2, -0.15) is 0 Å². The van der Waals surface area contributed by atoms with Crippen LogP contribution in [-0.2, 0) is 11.2 Å². The van der Waals surface area contributed by atoms with Crippen molar-refractivity contribution in [2.75, 3.05) is 18.8 Å². The molecule has 1 fully saturated rings. The average molecular weight is 364 g/mol. The number of thioether (sulfide) groups is 1. The Hall–Kier alpha value is -1.14. The number of amides is 1. The lowest BCUT2D eigenvalue weighted by Gasteiger charge is -2.35. The van der Waals surface area contributed by atoms with E-state index >= 15 is 0 Å². The van der Waals surface area contributed by atoms with Gasteiger partial charge in [0.05, 0.1) is 5.75 Å². The molecule has 0 spiro atoms. The van der Waals surface area contributed by atoms with E-state index in [4.69, 9.17) is 0 Å². The van der Waals surface area contributed by atoms with E-state index in [-0.39, 0.29) is 5.91 Å². The van der Waals surface area contributed by atoms with Gasteiger partial charge in [-0.1, -0.05) is 32.5 Å². The second-order valence-corrected chi connectivity index (χ2v) is 8.97. The van der Waals surface area contributed by atoms with Gasteiger partial charge in [-0.25, -0.2) is 9.97 Å². The first kappa shape index (κ1) is 17.7. The highest BCUT2D eigenvalue weighted by molar-refractivity contribution is 8.00. The third kappa shape index (κ3) is 3.91. The van der Waals surface area contributed by atoms with Crippen molar-refractivity contribution in [3.63, 3.8) is 0 Å². The van der Waals surface area contributed by atoms with Gasteiger partial charge in [0.2, 0.25) is 5.91 Å². The van der Waals surface area contributed by atoms with Crippen LogP contribution < -0.4 is 0 Å². The molecule has 24 heavy (non-hydrogen) atoms. The van der Waals surface area contributed by atoms with Gasteiger partial charge < -0.3 is 4.90 Å². The third-order valence-corrected chi connectivity index (χ3v) is 6.57. The molecule has 2 unspecified atom stereocenters. The molecule has 2 aromatic rings. The highest BCUT2D eigenvalue weighted by Gasteiger charge is 2.25. The highest BCUT2D eigenvalue weighted by Crippen LogP contribution is 2.32. The molecule has 0 aromatic carbocycles. The number of carbonyl (C=O) groups is 1. The van der Waals surface area contributed by atoms with Crippen molar-refractivity contribution in [1.29, 1.82) is 0 Å². The van der Waals surface area contributed by atoms with Gasteiger partial charge in [-0.3, -0.25) is 4.79 Å². The molecule has 3 heterocycles. The summed E-state index contributed by atoms with van der Waals surface area (Å²) in [5.41, 5.74) is 0. The summed E-state index contributed by atoms with van der Waals surface area (Å²) >= 11 is 3.29. The summed E-state index contributed by atoms with van der Waals surface area (Å²) < 4.78 is 0. The van der Waals surface area contributed by atoms with Gasteiger partial charge in [-0.05, 0) is 37.7 Å². The fourth-order valence-electron chi connectivity index (χ4n) is 3.42. The Balaban J connectivity index is 1.73. The van der Waals surface area contributed by atoms with Crippen molar-refractivity contribution in [2.45, 2.75) is 45.6 Å². The summed E-state index contributed by atoms with van der Waals surface area (Å²) in [6.07, 6.45) is 2.23. The number of hydrogen-bond donors (Lipinski definition) is 0. The number of carbonyl (C=O) groups excluding carboxylic acids is 1. The minimum atomic E-state index is 0.230. The number of nitrogens with zero attached hydrogens (tertiary/aromatic N) is 3. The largest absolute Gasteiger partial charge is 0.341 e. The molecule has 4 nitrogen and oxygen atoms in total. The minimum Gasteiger partial charge on any atom is -0.341 e. The van der Waals surface area contributed by atoms with E-state index in [9.17, 15) is 4.79 Å². The molecule has 1 aliphatic rings. The Morgan fingerprint density at radius 2 is 2.04 bits per heavy atom. The molecule has 0 saturated carbocycles. The summed E-state index contributed by atoms with van der Waals surface area (Å²) in [6.45, 7) is 10.3. The number of piperidine rings is 1. The molecule has 6 heteroatoms. The maximum absolute atomic E-state index is 12.6. The molecule has 3 rings (SSSR count). The van der Waals surface area contributed by atoms with Crippen LogP contribution in [0.15, 0.2) is 11.1 Å². The number of likely N-dealkylation sites (tertiary alicyclic amines) is 1. The molecule has 1 amide bonds. The van der Waals surface area contributed by atoms with E-state index in [1.807, 2.05) is 11.8 Å². The van der Waals surface area contributed by atoms with Crippen LogP contribution in [0.1, 0.15) is 37.9 Å². The van der Waals surface area contributed by atoms with Gasteiger partial charge in [0.25, 0.3) is 0 Å². The number of aromatic nitrogens is 2. The summed E-state index contributed by atoms with van der Waals surface area (Å²) in [6, 6.07) is 2.18. The van der Waals surface area contributed by atoms with E-state index in [0.717, 1.165) is 40.6 Å². The quantitative estimate of drug-likeness (QED) is 0.604. The Morgan fingerprint density at radius 3 is 2.71 bits per heavy atom. The zero-order valence-electron chi connectivity index (χ0n) is 14.8. The van der Waals surface area contributed by atoms with Crippen molar-refractivity contribution >= 4 is 39.2 Å². The van der Waals surface area contributed by atoms with E-state index in [1.165, 1.54) is 11.3 Å². The Bertz CT molecular complexity index is 733. The lowest BCUT2D eigenvalue weighted by Crippen LogP contribution is -2.43. The molecule has 130 valence electrons. The van der Waals surface area contributed by atoms with Crippen LogP contribution in [0.5, 0.6) is 0 Å². The fraction of sp³-hybridized carbons (Fsp3) is 0.611. The van der Waals surface area contributed by atoms with E-state index < -0.39 is 0 Å². The van der Waals surface area contributed by atoms with E-state index in [1.54, 1.807) is 23.1 Å². The van der Waals surface area contributed by atoms with Crippen molar-refractivity contribution in [3.8, 4) is 0 Å². The minimum absolute atomic E-state index is 0.230. The zero-order chi connectivity index (χ0) is 17.3. The van der Waals surface area contributed by atoms with Crippen LogP contribution in [0.3, 0.4) is 0 Å². The van der Waals surface area contributed by atoms with Gasteiger partial charge >= 0.3 is 0 Å². The van der Waals surface area contributed by atoms with Gasteiger partial charge in [0.1, 0.15) is 15.7 Å². The van der Waals surface area contributed by atoms with Crippen LogP contribution in [-0.4, -0.2) is 39.6 Å². The van der Waals surface area contributed by atoms with Gasteiger partial charge in [0, 0.05) is 23.4 Å². The second kappa shape index (κ2) is 7.40. The van der Waals surface area contributed by atoms with Crippen molar-refractivity contribution in [1.82, 2.24) is 14.9 Å². The van der Waals surface area contributed by atoms with Gasteiger partial charge in [-0.15, -0.1) is 11.3 Å². The standard InChI is InChI=1S/C18H25N3OS2/c1-5-14-7-15-17(19-13(4)20-18(15)24-14)23-10-16(22)21-8-11(2)6-12(3)9-21/h7,11-12H,5-6,8-10H2,1-4H3.